The molecule has 33 heavy (non-hydrogen) atoms. The number of urea groups is 1. The number of hydrogen-bond donors (Lipinski definition) is 2. The molecule has 0 aromatic heterocycles. The number of carbonyl (C=O) groups is 2. The molecule has 8 nitrogen and oxygen atoms in total. The van der Waals surface area contributed by atoms with E-state index in [2.05, 4.69) is 17.2 Å². The maximum atomic E-state index is 12.5. The second-order valence-electron chi connectivity index (χ2n) is 8.11. The smallest absolute Gasteiger partial charge is 0.321 e. The molecule has 2 saturated heterocycles. The summed E-state index contributed by atoms with van der Waals surface area (Å²) in [7, 11) is 0. The number of rotatable bonds is 6. The Morgan fingerprint density at radius 3 is 1.70 bits per heavy atom. The van der Waals surface area contributed by atoms with E-state index in [-0.39, 0.29) is 11.9 Å². The second kappa shape index (κ2) is 11.0. The number of nitrogens with zero attached hydrogens (tertiary/aromatic N) is 2. The molecule has 2 N–H and O–H groups in total. The lowest BCUT2D eigenvalue weighted by atomic mass is 10.0. The molecule has 4 rings (SSSR count). The average Bonchev–Trinajstić information content (AvgIpc) is 2.87. The van der Waals surface area contributed by atoms with Crippen molar-refractivity contribution in [3.8, 4) is 0 Å². The van der Waals surface area contributed by atoms with Gasteiger partial charge in [0.15, 0.2) is 0 Å². The van der Waals surface area contributed by atoms with Crippen LogP contribution < -0.4 is 10.6 Å². The Kier molecular flexibility index (Phi) is 7.59. The van der Waals surface area contributed by atoms with Crippen molar-refractivity contribution in [1.82, 2.24) is 9.80 Å². The van der Waals surface area contributed by atoms with Gasteiger partial charge in [-0.05, 0) is 41.8 Å². The van der Waals surface area contributed by atoms with E-state index in [1.807, 2.05) is 48.5 Å². The molecule has 8 heteroatoms. The quantitative estimate of drug-likeness (QED) is 0.662. The maximum absolute atomic E-state index is 12.5. The van der Waals surface area contributed by atoms with Crippen LogP contribution in [-0.2, 0) is 20.7 Å². The zero-order valence-electron chi connectivity index (χ0n) is 18.7. The van der Waals surface area contributed by atoms with Gasteiger partial charge in [0.05, 0.1) is 32.1 Å². The minimum atomic E-state index is -0.0946. The van der Waals surface area contributed by atoms with Gasteiger partial charge in [-0.3, -0.25) is 4.79 Å². The Labute approximate surface area is 194 Å². The van der Waals surface area contributed by atoms with Crippen LogP contribution >= 0.6 is 0 Å². The van der Waals surface area contributed by atoms with Gasteiger partial charge in [0.25, 0.3) is 5.91 Å². The number of ether oxygens (including phenoxy) is 2. The van der Waals surface area contributed by atoms with Crippen molar-refractivity contribution in [3.63, 3.8) is 0 Å². The van der Waals surface area contributed by atoms with Crippen LogP contribution in [0.4, 0.5) is 16.2 Å². The normalized spacial score (nSPS) is 16.2. The van der Waals surface area contributed by atoms with Crippen LogP contribution in [0.3, 0.4) is 0 Å². The first kappa shape index (κ1) is 22.8. The molecule has 0 radical (unpaired) electrons. The van der Waals surface area contributed by atoms with Crippen LogP contribution in [-0.4, -0.2) is 74.3 Å². The van der Waals surface area contributed by atoms with E-state index >= 15 is 0 Å². The van der Waals surface area contributed by atoms with Gasteiger partial charge in [0, 0.05) is 37.6 Å². The molecule has 0 spiro atoms. The van der Waals surface area contributed by atoms with E-state index in [9.17, 15) is 9.59 Å². The fraction of sp³-hybridized carbons (Fsp3) is 0.360. The van der Waals surface area contributed by atoms with Crippen LogP contribution in [0.1, 0.15) is 11.1 Å². The SMILES string of the molecule is C=C(Nc1ccc(Cc2ccc(NC(=O)N3CCOCC3)cc2)cc1)C(=O)N1CCOCC1. The Morgan fingerprint density at radius 2 is 1.18 bits per heavy atom. The highest BCUT2D eigenvalue weighted by molar-refractivity contribution is 5.95. The van der Waals surface area contributed by atoms with Gasteiger partial charge in [-0.25, -0.2) is 4.79 Å². The van der Waals surface area contributed by atoms with Crippen molar-refractivity contribution in [3.05, 3.63) is 71.9 Å². The van der Waals surface area contributed by atoms with Gasteiger partial charge < -0.3 is 29.9 Å². The summed E-state index contributed by atoms with van der Waals surface area (Å²) < 4.78 is 10.6. The molecule has 2 aromatic rings. The lowest BCUT2D eigenvalue weighted by molar-refractivity contribution is -0.130. The molecule has 0 saturated carbocycles. The van der Waals surface area contributed by atoms with Gasteiger partial charge in [-0.2, -0.15) is 0 Å². The van der Waals surface area contributed by atoms with E-state index in [1.54, 1.807) is 9.80 Å². The Balaban J connectivity index is 1.27. The second-order valence-corrected chi connectivity index (χ2v) is 8.11. The lowest BCUT2D eigenvalue weighted by Crippen LogP contribution is -2.43. The molecule has 2 aliphatic rings. The van der Waals surface area contributed by atoms with E-state index in [4.69, 9.17) is 9.47 Å². The fourth-order valence-corrected chi connectivity index (χ4v) is 3.80. The molecule has 3 amide bonds. The molecule has 2 heterocycles. The first-order chi connectivity index (χ1) is 16.1. The van der Waals surface area contributed by atoms with Gasteiger partial charge in [-0.1, -0.05) is 30.8 Å². The Bertz CT molecular complexity index is 963. The number of anilines is 2. The highest BCUT2D eigenvalue weighted by Crippen LogP contribution is 2.18. The third-order valence-electron chi connectivity index (χ3n) is 5.72. The van der Waals surface area contributed by atoms with Crippen molar-refractivity contribution >= 4 is 23.3 Å². The highest BCUT2D eigenvalue weighted by atomic mass is 16.5. The van der Waals surface area contributed by atoms with E-state index < -0.39 is 0 Å². The van der Waals surface area contributed by atoms with Crippen molar-refractivity contribution in [2.75, 3.05) is 63.2 Å². The molecule has 2 fully saturated rings. The zero-order valence-corrected chi connectivity index (χ0v) is 18.7. The third-order valence-corrected chi connectivity index (χ3v) is 5.72. The molecule has 0 atom stereocenters. The molecule has 0 aliphatic carbocycles. The number of benzene rings is 2. The van der Waals surface area contributed by atoms with Crippen LogP contribution in [0.25, 0.3) is 0 Å². The summed E-state index contributed by atoms with van der Waals surface area (Å²) in [6.45, 7) is 8.60. The fourth-order valence-electron chi connectivity index (χ4n) is 3.80. The van der Waals surface area contributed by atoms with E-state index in [0.717, 1.165) is 28.9 Å². The predicted molar refractivity (Wildman–Crippen MR) is 127 cm³/mol. The summed E-state index contributed by atoms with van der Waals surface area (Å²) in [6.07, 6.45) is 0.769. The number of morpholine rings is 2. The largest absolute Gasteiger partial charge is 0.378 e. The molecule has 174 valence electrons. The molecule has 2 aromatic carbocycles. The van der Waals surface area contributed by atoms with E-state index in [1.165, 1.54) is 0 Å². The first-order valence-electron chi connectivity index (χ1n) is 11.2. The highest BCUT2D eigenvalue weighted by Gasteiger charge is 2.19. The summed E-state index contributed by atoms with van der Waals surface area (Å²) in [5.74, 6) is -0.0943. The standard InChI is InChI=1S/C25H30N4O4/c1-19(24(30)28-10-14-32-15-11-28)26-22-6-2-20(3-7-22)18-21-4-8-23(9-5-21)27-25(31)29-12-16-33-17-13-29/h2-9,26H,1,10-18H2,(H,27,31). The molecular weight excluding hydrogens is 420 g/mol. The number of carbonyl (C=O) groups excluding carboxylic acids is 2. The summed E-state index contributed by atoms with van der Waals surface area (Å²) in [4.78, 5) is 28.3. The molecule has 2 aliphatic heterocycles. The minimum Gasteiger partial charge on any atom is -0.378 e. The first-order valence-corrected chi connectivity index (χ1v) is 11.2. The molecular formula is C25H30N4O4. The average molecular weight is 451 g/mol. The minimum absolute atomic E-state index is 0.0943. The third kappa shape index (κ3) is 6.34. The lowest BCUT2D eigenvalue weighted by Gasteiger charge is -2.27. The number of nitrogens with one attached hydrogen (secondary N) is 2. The number of hydrogen-bond acceptors (Lipinski definition) is 5. The number of amides is 3. The van der Waals surface area contributed by atoms with Crippen LogP contribution in [0.15, 0.2) is 60.8 Å². The molecule has 0 bridgehead atoms. The summed E-state index contributed by atoms with van der Waals surface area (Å²) >= 11 is 0. The van der Waals surface area contributed by atoms with Gasteiger partial charge >= 0.3 is 6.03 Å². The van der Waals surface area contributed by atoms with Crippen molar-refractivity contribution in [2.24, 2.45) is 0 Å². The monoisotopic (exact) mass is 450 g/mol. The Hall–Kier alpha value is -3.36. The van der Waals surface area contributed by atoms with Crippen LogP contribution in [0.2, 0.25) is 0 Å². The maximum Gasteiger partial charge on any atom is 0.321 e. The summed E-state index contributed by atoms with van der Waals surface area (Å²) in [5.41, 5.74) is 4.26. The van der Waals surface area contributed by atoms with Crippen molar-refractivity contribution in [1.29, 1.82) is 0 Å². The summed E-state index contributed by atoms with van der Waals surface area (Å²) in [5, 5.41) is 6.04. The Morgan fingerprint density at radius 1 is 0.727 bits per heavy atom. The van der Waals surface area contributed by atoms with Crippen molar-refractivity contribution in [2.45, 2.75) is 6.42 Å². The van der Waals surface area contributed by atoms with Gasteiger partial charge in [-0.15, -0.1) is 0 Å². The molecule has 0 unspecified atom stereocenters. The van der Waals surface area contributed by atoms with Crippen LogP contribution in [0.5, 0.6) is 0 Å². The van der Waals surface area contributed by atoms with Gasteiger partial charge in [0.1, 0.15) is 0 Å². The predicted octanol–water partition coefficient (Wildman–Crippen LogP) is 2.93. The summed E-state index contributed by atoms with van der Waals surface area (Å²) in [6, 6.07) is 15.7. The topological polar surface area (TPSA) is 83.1 Å². The van der Waals surface area contributed by atoms with Gasteiger partial charge in [0.2, 0.25) is 0 Å². The van der Waals surface area contributed by atoms with Crippen molar-refractivity contribution < 1.29 is 19.1 Å². The van der Waals surface area contributed by atoms with E-state index in [0.29, 0.717) is 58.3 Å². The van der Waals surface area contributed by atoms with Crippen LogP contribution in [0, 0.1) is 0 Å². The zero-order chi connectivity index (χ0) is 23.0.